The van der Waals surface area contributed by atoms with E-state index in [0.717, 1.165) is 19.2 Å². The van der Waals surface area contributed by atoms with Crippen molar-refractivity contribution in [1.82, 2.24) is 5.32 Å². The lowest BCUT2D eigenvalue weighted by Gasteiger charge is -2.23. The Labute approximate surface area is 149 Å². The summed E-state index contributed by atoms with van der Waals surface area (Å²) < 4.78 is 15.4. The van der Waals surface area contributed by atoms with Crippen LogP contribution in [0.1, 0.15) is 34.6 Å². The molecule has 1 fully saturated rings. The molecule has 2 atom stereocenters. The van der Waals surface area contributed by atoms with Crippen LogP contribution in [0.3, 0.4) is 0 Å². The van der Waals surface area contributed by atoms with Crippen LogP contribution in [0.25, 0.3) is 0 Å². The molecule has 26 heavy (non-hydrogen) atoms. The zero-order valence-electron chi connectivity index (χ0n) is 14.6. The Morgan fingerprint density at radius 2 is 1.88 bits per heavy atom. The molecule has 0 bridgehead atoms. The number of ether oxygens (including phenoxy) is 3. The summed E-state index contributed by atoms with van der Waals surface area (Å²) in [5, 5.41) is 23.7. The van der Waals surface area contributed by atoms with E-state index in [-0.39, 0.29) is 24.3 Å². The lowest BCUT2D eigenvalue weighted by molar-refractivity contribution is -0.384. The standard InChI is InChI=1S/C16H20N2O8/c1-16(2)25-7-12(13(19)8-26-16)17-14(20)9-4-10(15(21)24-3)6-11(5-9)18(22)23/h4-6,12-13,19H,7-8H2,1-3H3,(H,17,20)/t12-,13-/m0/s1. The first-order chi connectivity index (χ1) is 12.1. The normalized spacial score (nSPS) is 22.2. The van der Waals surface area contributed by atoms with E-state index < -0.39 is 40.4 Å². The van der Waals surface area contributed by atoms with E-state index in [9.17, 15) is 24.8 Å². The lowest BCUT2D eigenvalue weighted by atomic mass is 10.1. The van der Waals surface area contributed by atoms with Gasteiger partial charge in [-0.25, -0.2) is 4.79 Å². The van der Waals surface area contributed by atoms with Gasteiger partial charge in [-0.2, -0.15) is 0 Å². The maximum Gasteiger partial charge on any atom is 0.338 e. The molecule has 0 unspecified atom stereocenters. The van der Waals surface area contributed by atoms with Gasteiger partial charge < -0.3 is 24.6 Å². The number of nitro groups is 1. The summed E-state index contributed by atoms with van der Waals surface area (Å²) in [4.78, 5) is 34.5. The van der Waals surface area contributed by atoms with E-state index in [0.29, 0.717) is 0 Å². The zero-order valence-corrected chi connectivity index (χ0v) is 14.6. The van der Waals surface area contributed by atoms with Gasteiger partial charge >= 0.3 is 5.97 Å². The minimum atomic E-state index is -1.03. The third-order valence-electron chi connectivity index (χ3n) is 3.81. The van der Waals surface area contributed by atoms with Crippen molar-refractivity contribution >= 4 is 17.6 Å². The molecule has 0 aliphatic carbocycles. The number of esters is 1. The van der Waals surface area contributed by atoms with Crippen LogP contribution in [-0.2, 0) is 14.2 Å². The maximum absolute atomic E-state index is 12.5. The number of nitrogens with zero attached hydrogens (tertiary/aromatic N) is 1. The lowest BCUT2D eigenvalue weighted by Crippen LogP contribution is -2.46. The number of nitrogens with one attached hydrogen (secondary N) is 1. The van der Waals surface area contributed by atoms with Crippen LogP contribution in [0.2, 0.25) is 0 Å². The van der Waals surface area contributed by atoms with Crippen molar-refractivity contribution < 1.29 is 33.8 Å². The van der Waals surface area contributed by atoms with Gasteiger partial charge in [0.25, 0.3) is 11.6 Å². The Kier molecular flexibility index (Phi) is 5.90. The van der Waals surface area contributed by atoms with E-state index in [2.05, 4.69) is 10.1 Å². The number of aliphatic hydroxyl groups excluding tert-OH is 1. The highest BCUT2D eigenvalue weighted by Crippen LogP contribution is 2.20. The second-order valence-electron chi connectivity index (χ2n) is 6.19. The number of rotatable bonds is 4. The number of non-ortho nitro benzene ring substituents is 1. The van der Waals surface area contributed by atoms with Crippen molar-refractivity contribution in [2.24, 2.45) is 0 Å². The van der Waals surface area contributed by atoms with E-state index in [4.69, 9.17) is 9.47 Å². The Morgan fingerprint density at radius 1 is 1.27 bits per heavy atom. The number of carbonyl (C=O) groups is 2. The van der Waals surface area contributed by atoms with E-state index >= 15 is 0 Å². The topological polar surface area (TPSA) is 137 Å². The maximum atomic E-state index is 12.5. The van der Waals surface area contributed by atoms with Crippen LogP contribution >= 0.6 is 0 Å². The predicted octanol–water partition coefficient (Wildman–Crippen LogP) is 0.624. The molecule has 10 heteroatoms. The molecule has 1 amide bonds. The van der Waals surface area contributed by atoms with Crippen LogP contribution < -0.4 is 5.32 Å². The van der Waals surface area contributed by atoms with Crippen LogP contribution in [-0.4, -0.2) is 60.2 Å². The first-order valence-electron chi connectivity index (χ1n) is 7.77. The van der Waals surface area contributed by atoms with E-state index in [1.54, 1.807) is 13.8 Å². The molecular formula is C16H20N2O8. The minimum absolute atomic E-state index is 0.0152. The summed E-state index contributed by atoms with van der Waals surface area (Å²) in [5.41, 5.74) is -0.676. The van der Waals surface area contributed by atoms with Crippen molar-refractivity contribution in [2.45, 2.75) is 31.8 Å². The number of carbonyl (C=O) groups excluding carboxylic acids is 2. The Hall–Kier alpha value is -2.56. The third kappa shape index (κ3) is 4.75. The Bertz CT molecular complexity index is 718. The van der Waals surface area contributed by atoms with Crippen molar-refractivity contribution in [3.05, 3.63) is 39.4 Å². The number of amides is 1. The monoisotopic (exact) mass is 368 g/mol. The molecule has 10 nitrogen and oxygen atoms in total. The number of hydrogen-bond donors (Lipinski definition) is 2. The molecule has 1 aliphatic rings. The Morgan fingerprint density at radius 3 is 2.50 bits per heavy atom. The fraction of sp³-hybridized carbons (Fsp3) is 0.500. The molecule has 142 valence electrons. The van der Waals surface area contributed by atoms with Gasteiger partial charge in [0.15, 0.2) is 5.79 Å². The molecular weight excluding hydrogens is 348 g/mol. The third-order valence-corrected chi connectivity index (χ3v) is 3.81. The Balaban J connectivity index is 2.24. The highest BCUT2D eigenvalue weighted by Gasteiger charge is 2.32. The summed E-state index contributed by atoms with van der Waals surface area (Å²) in [6.45, 7) is 3.28. The first-order valence-corrected chi connectivity index (χ1v) is 7.77. The average Bonchev–Trinajstić information content (AvgIpc) is 2.73. The molecule has 2 N–H and O–H groups in total. The number of methoxy groups -OCH3 is 1. The van der Waals surface area contributed by atoms with Gasteiger partial charge in [-0.15, -0.1) is 0 Å². The molecule has 0 aromatic heterocycles. The highest BCUT2D eigenvalue weighted by atomic mass is 16.7. The number of benzene rings is 1. The molecule has 0 saturated carbocycles. The summed E-state index contributed by atoms with van der Waals surface area (Å²) in [6, 6.07) is 2.44. The summed E-state index contributed by atoms with van der Waals surface area (Å²) in [5.74, 6) is -2.42. The minimum Gasteiger partial charge on any atom is -0.465 e. The van der Waals surface area contributed by atoms with Crippen molar-refractivity contribution in [3.8, 4) is 0 Å². The molecule has 1 saturated heterocycles. The van der Waals surface area contributed by atoms with Gasteiger partial charge in [0.05, 0.1) is 43.0 Å². The molecule has 1 heterocycles. The average molecular weight is 368 g/mol. The number of hydrogen-bond acceptors (Lipinski definition) is 8. The van der Waals surface area contributed by atoms with E-state index in [1.165, 1.54) is 6.07 Å². The fourth-order valence-electron chi connectivity index (χ4n) is 2.32. The van der Waals surface area contributed by atoms with Crippen molar-refractivity contribution in [1.29, 1.82) is 0 Å². The largest absolute Gasteiger partial charge is 0.465 e. The smallest absolute Gasteiger partial charge is 0.338 e. The van der Waals surface area contributed by atoms with Gasteiger partial charge in [0.1, 0.15) is 0 Å². The number of nitro benzene ring substituents is 1. The fourth-order valence-corrected chi connectivity index (χ4v) is 2.32. The summed E-state index contributed by atoms with van der Waals surface area (Å²) in [7, 11) is 1.13. The van der Waals surface area contributed by atoms with Gasteiger partial charge in [0.2, 0.25) is 0 Å². The molecule has 2 rings (SSSR count). The summed E-state index contributed by atoms with van der Waals surface area (Å²) in [6.07, 6.45) is -1.03. The first kappa shape index (κ1) is 19.8. The molecule has 0 radical (unpaired) electrons. The molecule has 1 aromatic carbocycles. The highest BCUT2D eigenvalue weighted by molar-refractivity contribution is 5.99. The van der Waals surface area contributed by atoms with Gasteiger partial charge in [-0.05, 0) is 19.9 Å². The molecule has 1 aliphatic heterocycles. The van der Waals surface area contributed by atoms with Crippen LogP contribution in [0.5, 0.6) is 0 Å². The number of aliphatic hydroxyl groups is 1. The van der Waals surface area contributed by atoms with Crippen LogP contribution in [0.15, 0.2) is 18.2 Å². The second-order valence-corrected chi connectivity index (χ2v) is 6.19. The van der Waals surface area contributed by atoms with Gasteiger partial charge in [-0.1, -0.05) is 0 Å². The van der Waals surface area contributed by atoms with Crippen LogP contribution in [0, 0.1) is 10.1 Å². The van der Waals surface area contributed by atoms with Crippen LogP contribution in [0.4, 0.5) is 5.69 Å². The zero-order chi connectivity index (χ0) is 19.5. The SMILES string of the molecule is COC(=O)c1cc(C(=O)N[C@H]2COC(C)(C)OC[C@@H]2O)cc([N+](=O)[O-])c1. The van der Waals surface area contributed by atoms with Crippen molar-refractivity contribution in [3.63, 3.8) is 0 Å². The second kappa shape index (κ2) is 7.77. The molecule has 0 spiro atoms. The van der Waals surface area contributed by atoms with Crippen molar-refractivity contribution in [2.75, 3.05) is 20.3 Å². The molecule has 1 aromatic rings. The van der Waals surface area contributed by atoms with E-state index in [1.807, 2.05) is 0 Å². The predicted molar refractivity (Wildman–Crippen MR) is 87.7 cm³/mol. The summed E-state index contributed by atoms with van der Waals surface area (Å²) >= 11 is 0. The van der Waals surface area contributed by atoms with Gasteiger partial charge in [-0.3, -0.25) is 14.9 Å². The van der Waals surface area contributed by atoms with Gasteiger partial charge in [0, 0.05) is 17.7 Å². The quantitative estimate of drug-likeness (QED) is 0.448.